The Bertz CT molecular complexity index is 734. The Kier molecular flexibility index (Phi) is 5.28. The summed E-state index contributed by atoms with van der Waals surface area (Å²) in [6, 6.07) is 15.0. The van der Waals surface area contributed by atoms with E-state index in [4.69, 9.17) is 4.74 Å². The lowest BCUT2D eigenvalue weighted by atomic mass is 10.1. The molecular formula is C19H19FN2O3. The quantitative estimate of drug-likeness (QED) is 0.820. The van der Waals surface area contributed by atoms with Crippen LogP contribution >= 0.6 is 0 Å². The molecule has 2 amide bonds. The first-order chi connectivity index (χ1) is 12.1. The summed E-state index contributed by atoms with van der Waals surface area (Å²) in [6.07, 6.45) is 0.156. The van der Waals surface area contributed by atoms with Gasteiger partial charge in [-0.3, -0.25) is 9.59 Å². The third kappa shape index (κ3) is 4.35. The molecule has 1 atom stereocenters. The van der Waals surface area contributed by atoms with Gasteiger partial charge in [-0.2, -0.15) is 0 Å². The summed E-state index contributed by atoms with van der Waals surface area (Å²) in [6.45, 7) is 1.03. The van der Waals surface area contributed by atoms with Gasteiger partial charge in [0.25, 0.3) is 0 Å². The van der Waals surface area contributed by atoms with Crippen LogP contribution in [-0.2, 0) is 9.59 Å². The molecular weight excluding hydrogens is 323 g/mol. The summed E-state index contributed by atoms with van der Waals surface area (Å²) in [4.78, 5) is 25.9. The molecule has 1 saturated heterocycles. The molecule has 2 aromatic carbocycles. The molecule has 25 heavy (non-hydrogen) atoms. The highest BCUT2D eigenvalue weighted by Gasteiger charge is 2.34. The molecule has 6 heteroatoms. The van der Waals surface area contributed by atoms with Crippen LogP contribution in [0, 0.1) is 11.7 Å². The second-order valence-electron chi connectivity index (χ2n) is 5.83. The number of hydrogen-bond donors (Lipinski definition) is 1. The maximum absolute atomic E-state index is 13.0. The zero-order valence-corrected chi connectivity index (χ0v) is 13.7. The van der Waals surface area contributed by atoms with Gasteiger partial charge in [-0.15, -0.1) is 0 Å². The fraction of sp³-hybridized carbons (Fsp3) is 0.263. The summed E-state index contributed by atoms with van der Waals surface area (Å²) in [5, 5.41) is 2.79. The van der Waals surface area contributed by atoms with Crippen molar-refractivity contribution < 1.29 is 18.7 Å². The fourth-order valence-electron chi connectivity index (χ4n) is 2.76. The van der Waals surface area contributed by atoms with Gasteiger partial charge >= 0.3 is 0 Å². The molecule has 0 aliphatic carbocycles. The predicted octanol–water partition coefficient (Wildman–Crippen LogP) is 2.37. The monoisotopic (exact) mass is 342 g/mol. The third-order valence-corrected chi connectivity index (χ3v) is 4.05. The van der Waals surface area contributed by atoms with Crippen LogP contribution < -0.4 is 15.0 Å². The second kappa shape index (κ2) is 7.79. The van der Waals surface area contributed by atoms with E-state index in [1.807, 2.05) is 30.3 Å². The SMILES string of the molecule is O=C(NCCOc1ccccc1)[C@@H]1CC(=O)N(c2ccc(F)cc2)C1. The Balaban J connectivity index is 1.46. The van der Waals surface area contributed by atoms with Gasteiger partial charge in [-0.25, -0.2) is 4.39 Å². The second-order valence-corrected chi connectivity index (χ2v) is 5.83. The van der Waals surface area contributed by atoms with E-state index in [0.717, 1.165) is 5.75 Å². The molecule has 0 spiro atoms. The summed E-state index contributed by atoms with van der Waals surface area (Å²) < 4.78 is 18.5. The minimum Gasteiger partial charge on any atom is -0.492 e. The van der Waals surface area contributed by atoms with E-state index in [-0.39, 0.29) is 24.1 Å². The molecule has 0 bridgehead atoms. The largest absolute Gasteiger partial charge is 0.492 e. The first-order valence-electron chi connectivity index (χ1n) is 8.15. The van der Waals surface area contributed by atoms with Crippen molar-refractivity contribution in [2.45, 2.75) is 6.42 Å². The van der Waals surface area contributed by atoms with Crippen LogP contribution in [0.3, 0.4) is 0 Å². The number of nitrogens with zero attached hydrogens (tertiary/aromatic N) is 1. The van der Waals surface area contributed by atoms with Crippen molar-refractivity contribution in [3.05, 3.63) is 60.4 Å². The van der Waals surface area contributed by atoms with Crippen LogP contribution in [0.1, 0.15) is 6.42 Å². The topological polar surface area (TPSA) is 58.6 Å². The number of hydrogen-bond acceptors (Lipinski definition) is 3. The Labute approximate surface area is 145 Å². The molecule has 0 aromatic heterocycles. The molecule has 3 rings (SSSR count). The van der Waals surface area contributed by atoms with Crippen molar-refractivity contribution in [1.82, 2.24) is 5.32 Å². The standard InChI is InChI=1S/C19H19FN2O3/c20-15-6-8-16(9-7-15)22-13-14(12-18(22)23)19(24)21-10-11-25-17-4-2-1-3-5-17/h1-9,14H,10-13H2,(H,21,24)/t14-/m1/s1. The number of carbonyl (C=O) groups is 2. The van der Waals surface area contributed by atoms with E-state index >= 15 is 0 Å². The van der Waals surface area contributed by atoms with Gasteiger partial charge < -0.3 is 15.0 Å². The lowest BCUT2D eigenvalue weighted by Gasteiger charge is -2.16. The number of nitrogens with one attached hydrogen (secondary N) is 1. The van der Waals surface area contributed by atoms with E-state index in [2.05, 4.69) is 5.32 Å². The first-order valence-corrected chi connectivity index (χ1v) is 8.15. The predicted molar refractivity (Wildman–Crippen MR) is 91.8 cm³/mol. The third-order valence-electron chi connectivity index (χ3n) is 4.05. The summed E-state index contributed by atoms with van der Waals surface area (Å²) in [7, 11) is 0. The van der Waals surface area contributed by atoms with Gasteiger partial charge in [-0.1, -0.05) is 18.2 Å². The number of carbonyl (C=O) groups excluding carboxylic acids is 2. The first kappa shape index (κ1) is 17.0. The summed E-state index contributed by atoms with van der Waals surface area (Å²) in [5.74, 6) is -0.324. The number of halogens is 1. The maximum Gasteiger partial charge on any atom is 0.227 e. The van der Waals surface area contributed by atoms with E-state index in [1.165, 1.54) is 17.0 Å². The van der Waals surface area contributed by atoms with Crippen molar-refractivity contribution in [3.63, 3.8) is 0 Å². The maximum atomic E-state index is 13.0. The fourth-order valence-corrected chi connectivity index (χ4v) is 2.76. The van der Waals surface area contributed by atoms with Gasteiger partial charge in [0.1, 0.15) is 18.2 Å². The number of benzene rings is 2. The zero-order valence-electron chi connectivity index (χ0n) is 13.7. The van der Waals surface area contributed by atoms with Crippen LogP contribution in [-0.4, -0.2) is 31.5 Å². The summed E-state index contributed by atoms with van der Waals surface area (Å²) in [5.41, 5.74) is 0.606. The van der Waals surface area contributed by atoms with Crippen LogP contribution in [0.15, 0.2) is 54.6 Å². The summed E-state index contributed by atoms with van der Waals surface area (Å²) >= 11 is 0. The number of para-hydroxylation sites is 1. The molecule has 0 radical (unpaired) electrons. The molecule has 1 fully saturated rings. The Morgan fingerprint density at radius 1 is 1.16 bits per heavy atom. The molecule has 0 unspecified atom stereocenters. The number of anilines is 1. The van der Waals surface area contributed by atoms with Crippen molar-refractivity contribution >= 4 is 17.5 Å². The van der Waals surface area contributed by atoms with Crippen LogP contribution in [0.25, 0.3) is 0 Å². The molecule has 0 saturated carbocycles. The Morgan fingerprint density at radius 2 is 1.88 bits per heavy atom. The van der Waals surface area contributed by atoms with Gasteiger partial charge in [0, 0.05) is 18.7 Å². The van der Waals surface area contributed by atoms with Gasteiger partial charge in [0.15, 0.2) is 0 Å². The average Bonchev–Trinajstić information content (AvgIpc) is 3.02. The zero-order chi connectivity index (χ0) is 17.6. The van der Waals surface area contributed by atoms with Gasteiger partial charge in [0.05, 0.1) is 12.5 Å². The van der Waals surface area contributed by atoms with E-state index < -0.39 is 5.92 Å². The van der Waals surface area contributed by atoms with Crippen molar-refractivity contribution in [2.24, 2.45) is 5.92 Å². The number of rotatable bonds is 6. The minimum atomic E-state index is -0.408. The molecule has 1 aliphatic rings. The smallest absolute Gasteiger partial charge is 0.227 e. The van der Waals surface area contributed by atoms with Crippen LogP contribution in [0.5, 0.6) is 5.75 Å². The molecule has 2 aromatic rings. The molecule has 130 valence electrons. The highest BCUT2D eigenvalue weighted by atomic mass is 19.1. The van der Waals surface area contributed by atoms with Gasteiger partial charge in [0.2, 0.25) is 11.8 Å². The molecule has 5 nitrogen and oxygen atoms in total. The van der Waals surface area contributed by atoms with Gasteiger partial charge in [-0.05, 0) is 36.4 Å². The Hall–Kier alpha value is -2.89. The number of ether oxygens (including phenoxy) is 1. The van der Waals surface area contributed by atoms with E-state index in [1.54, 1.807) is 12.1 Å². The molecule has 1 N–H and O–H groups in total. The van der Waals surface area contributed by atoms with Crippen molar-refractivity contribution in [2.75, 3.05) is 24.6 Å². The average molecular weight is 342 g/mol. The minimum absolute atomic E-state index is 0.132. The molecule has 1 heterocycles. The highest BCUT2D eigenvalue weighted by Crippen LogP contribution is 2.25. The highest BCUT2D eigenvalue weighted by molar-refractivity contribution is 6.00. The van der Waals surface area contributed by atoms with Crippen molar-refractivity contribution in [3.8, 4) is 5.75 Å². The van der Waals surface area contributed by atoms with E-state index in [0.29, 0.717) is 25.4 Å². The lowest BCUT2D eigenvalue weighted by Crippen LogP contribution is -2.35. The van der Waals surface area contributed by atoms with Crippen LogP contribution in [0.2, 0.25) is 0 Å². The van der Waals surface area contributed by atoms with Crippen LogP contribution in [0.4, 0.5) is 10.1 Å². The Morgan fingerprint density at radius 3 is 2.60 bits per heavy atom. The molecule has 1 aliphatic heterocycles. The number of amides is 2. The normalized spacial score (nSPS) is 16.8. The van der Waals surface area contributed by atoms with E-state index in [9.17, 15) is 14.0 Å². The van der Waals surface area contributed by atoms with Crippen molar-refractivity contribution in [1.29, 1.82) is 0 Å². The lowest BCUT2D eigenvalue weighted by molar-refractivity contribution is -0.126.